The summed E-state index contributed by atoms with van der Waals surface area (Å²) in [6, 6.07) is 23.1. The van der Waals surface area contributed by atoms with Gasteiger partial charge in [-0.2, -0.15) is 0 Å². The van der Waals surface area contributed by atoms with E-state index in [1.807, 2.05) is 35.2 Å². The van der Waals surface area contributed by atoms with E-state index in [9.17, 15) is 9.59 Å². The van der Waals surface area contributed by atoms with Crippen LogP contribution in [0.1, 0.15) is 42.5 Å². The van der Waals surface area contributed by atoms with Crippen molar-refractivity contribution in [2.24, 2.45) is 5.92 Å². The summed E-state index contributed by atoms with van der Waals surface area (Å²) in [7, 11) is 1.60. The summed E-state index contributed by atoms with van der Waals surface area (Å²) >= 11 is 0. The zero-order valence-corrected chi connectivity index (χ0v) is 20.1. The molecule has 2 unspecified atom stereocenters. The normalized spacial score (nSPS) is 17.8. The van der Waals surface area contributed by atoms with Gasteiger partial charge in [0.2, 0.25) is 5.91 Å². The van der Waals surface area contributed by atoms with Crippen molar-refractivity contribution >= 4 is 17.5 Å². The number of nitrogens with one attached hydrogen (secondary N) is 1. The van der Waals surface area contributed by atoms with Crippen molar-refractivity contribution in [3.8, 4) is 11.5 Å². The topological polar surface area (TPSA) is 67.9 Å². The molecule has 0 saturated heterocycles. The first-order valence-electron chi connectivity index (χ1n) is 12.1. The number of nitrogens with zero attached hydrogens (tertiary/aromatic N) is 1. The Kier molecular flexibility index (Phi) is 6.45. The van der Waals surface area contributed by atoms with Crippen LogP contribution in [0.5, 0.6) is 11.5 Å². The predicted molar refractivity (Wildman–Crippen MR) is 135 cm³/mol. The van der Waals surface area contributed by atoms with Gasteiger partial charge in [-0.05, 0) is 79.3 Å². The smallest absolute Gasteiger partial charge is 0.265 e. The molecule has 0 bridgehead atoms. The maximum atomic E-state index is 13.2. The number of carbonyl (C=O) groups excluding carboxylic acids is 2. The summed E-state index contributed by atoms with van der Waals surface area (Å²) in [5.74, 6) is 1.50. The fraction of sp³-hybridized carbons (Fsp3) is 0.310. The zero-order valence-electron chi connectivity index (χ0n) is 20.1. The van der Waals surface area contributed by atoms with Gasteiger partial charge in [0, 0.05) is 18.2 Å². The highest BCUT2D eigenvalue weighted by Gasteiger charge is 2.39. The first-order valence-corrected chi connectivity index (χ1v) is 12.1. The van der Waals surface area contributed by atoms with Crippen LogP contribution in [0.4, 0.5) is 5.69 Å². The van der Waals surface area contributed by atoms with Gasteiger partial charge >= 0.3 is 0 Å². The van der Waals surface area contributed by atoms with Gasteiger partial charge in [0.05, 0.1) is 13.2 Å². The second kappa shape index (κ2) is 9.82. The first-order chi connectivity index (χ1) is 17.0. The average molecular weight is 471 g/mol. The van der Waals surface area contributed by atoms with Crippen LogP contribution >= 0.6 is 0 Å². The van der Waals surface area contributed by atoms with Gasteiger partial charge in [-0.15, -0.1) is 0 Å². The Morgan fingerprint density at radius 2 is 1.69 bits per heavy atom. The molecule has 3 aromatic rings. The molecule has 1 fully saturated rings. The monoisotopic (exact) mass is 470 g/mol. The lowest BCUT2D eigenvalue weighted by Gasteiger charge is -2.38. The predicted octanol–water partition coefficient (Wildman–Crippen LogP) is 4.99. The van der Waals surface area contributed by atoms with E-state index in [0.717, 1.165) is 36.1 Å². The minimum atomic E-state index is -0.696. The van der Waals surface area contributed by atoms with Gasteiger partial charge in [-0.3, -0.25) is 9.59 Å². The first kappa shape index (κ1) is 23.0. The summed E-state index contributed by atoms with van der Waals surface area (Å²) in [5, 5.41) is 2.88. The molecule has 3 aromatic carbocycles. The number of ether oxygens (including phenoxy) is 2. The van der Waals surface area contributed by atoms with E-state index in [4.69, 9.17) is 9.47 Å². The summed E-state index contributed by atoms with van der Waals surface area (Å²) < 4.78 is 11.2. The van der Waals surface area contributed by atoms with Crippen molar-refractivity contribution in [3.05, 3.63) is 89.5 Å². The largest absolute Gasteiger partial charge is 0.497 e. The zero-order chi connectivity index (χ0) is 24.4. The minimum absolute atomic E-state index is 0.153. The molecular weight excluding hydrogens is 440 g/mol. The molecule has 6 heteroatoms. The Balaban J connectivity index is 1.37. The Bertz CT molecular complexity index is 1210. The molecule has 1 N–H and O–H groups in total. The summed E-state index contributed by atoms with van der Waals surface area (Å²) in [6.45, 7) is 2.44. The molecule has 2 amide bonds. The second-order valence-corrected chi connectivity index (χ2v) is 9.21. The van der Waals surface area contributed by atoms with E-state index in [-0.39, 0.29) is 23.8 Å². The van der Waals surface area contributed by atoms with Crippen molar-refractivity contribution in [3.63, 3.8) is 0 Å². The molecule has 1 aliphatic heterocycles. The lowest BCUT2D eigenvalue weighted by Crippen LogP contribution is -2.41. The van der Waals surface area contributed by atoms with E-state index in [2.05, 4.69) is 23.5 Å². The van der Waals surface area contributed by atoms with Gasteiger partial charge in [0.15, 0.2) is 6.10 Å². The maximum Gasteiger partial charge on any atom is 0.265 e. The van der Waals surface area contributed by atoms with Gasteiger partial charge < -0.3 is 19.7 Å². The van der Waals surface area contributed by atoms with Crippen LogP contribution in [0.2, 0.25) is 0 Å². The van der Waals surface area contributed by atoms with Crippen LogP contribution in [0, 0.1) is 5.92 Å². The summed E-state index contributed by atoms with van der Waals surface area (Å²) in [6.07, 6.45) is 2.07. The molecule has 2 aliphatic rings. The number of benzene rings is 3. The fourth-order valence-electron chi connectivity index (χ4n) is 4.64. The van der Waals surface area contributed by atoms with Crippen molar-refractivity contribution in [1.82, 2.24) is 4.90 Å². The Morgan fingerprint density at radius 1 is 0.971 bits per heavy atom. The fourth-order valence-corrected chi connectivity index (χ4v) is 4.64. The number of hydrogen-bond acceptors (Lipinski definition) is 4. The van der Waals surface area contributed by atoms with Crippen LogP contribution in [0.3, 0.4) is 0 Å². The molecule has 0 radical (unpaired) electrons. The second-order valence-electron chi connectivity index (χ2n) is 9.21. The van der Waals surface area contributed by atoms with Crippen LogP contribution in [-0.4, -0.2) is 36.5 Å². The van der Waals surface area contributed by atoms with E-state index < -0.39 is 6.10 Å². The molecule has 0 aromatic heterocycles. The number of hydrogen-bond donors (Lipinski definition) is 1. The van der Waals surface area contributed by atoms with Gasteiger partial charge in [0.25, 0.3) is 5.91 Å². The standard InChI is InChI=1S/C29H30N2O4/c1-19(28(32)30-23-11-14-24(34-2)15-12-23)35-25-13-10-20-16-17-31(29(33)22-8-9-22)27(26(20)18-25)21-6-4-3-5-7-21/h3-7,10-15,18-19,22,27H,8-9,16-17H2,1-2H3,(H,30,32). The Hall–Kier alpha value is -3.80. The van der Waals surface area contributed by atoms with Gasteiger partial charge in [-0.25, -0.2) is 0 Å². The van der Waals surface area contributed by atoms with Crippen LogP contribution in [-0.2, 0) is 16.0 Å². The summed E-state index contributed by atoms with van der Waals surface area (Å²) in [4.78, 5) is 27.9. The van der Waals surface area contributed by atoms with Crippen molar-refractivity contribution in [1.29, 1.82) is 0 Å². The molecule has 5 rings (SSSR count). The highest BCUT2D eigenvalue weighted by molar-refractivity contribution is 5.94. The van der Waals surface area contributed by atoms with E-state index in [1.165, 1.54) is 5.56 Å². The number of carbonyl (C=O) groups is 2. The molecule has 35 heavy (non-hydrogen) atoms. The van der Waals surface area contributed by atoms with Crippen LogP contribution in [0.15, 0.2) is 72.8 Å². The average Bonchev–Trinajstić information content (AvgIpc) is 3.74. The highest BCUT2D eigenvalue weighted by Crippen LogP contribution is 2.41. The van der Waals surface area contributed by atoms with Crippen LogP contribution < -0.4 is 14.8 Å². The Morgan fingerprint density at radius 3 is 2.37 bits per heavy atom. The van der Waals surface area contributed by atoms with Crippen molar-refractivity contribution in [2.45, 2.75) is 38.3 Å². The maximum absolute atomic E-state index is 13.2. The number of methoxy groups -OCH3 is 1. The Labute approximate surface area is 205 Å². The lowest BCUT2D eigenvalue weighted by molar-refractivity contribution is -0.134. The van der Waals surface area contributed by atoms with Crippen LogP contribution in [0.25, 0.3) is 0 Å². The van der Waals surface area contributed by atoms with E-state index in [0.29, 0.717) is 18.0 Å². The molecule has 1 heterocycles. The van der Waals surface area contributed by atoms with Crippen molar-refractivity contribution < 1.29 is 19.1 Å². The van der Waals surface area contributed by atoms with E-state index >= 15 is 0 Å². The molecule has 6 nitrogen and oxygen atoms in total. The molecule has 0 spiro atoms. The minimum Gasteiger partial charge on any atom is -0.497 e. The van der Waals surface area contributed by atoms with Crippen molar-refractivity contribution in [2.75, 3.05) is 19.0 Å². The SMILES string of the molecule is COc1ccc(NC(=O)C(C)Oc2ccc3c(c2)C(c2ccccc2)N(C(=O)C2CC2)CC3)cc1. The molecule has 2 atom stereocenters. The quantitative estimate of drug-likeness (QED) is 0.529. The highest BCUT2D eigenvalue weighted by atomic mass is 16.5. The third-order valence-electron chi connectivity index (χ3n) is 6.71. The molecule has 1 saturated carbocycles. The lowest BCUT2D eigenvalue weighted by atomic mass is 9.87. The molecule has 180 valence electrons. The number of rotatable bonds is 7. The van der Waals surface area contributed by atoms with Gasteiger partial charge in [-0.1, -0.05) is 36.4 Å². The number of amides is 2. The number of anilines is 1. The third-order valence-corrected chi connectivity index (χ3v) is 6.71. The van der Waals surface area contributed by atoms with E-state index in [1.54, 1.807) is 38.3 Å². The molecule has 1 aliphatic carbocycles. The third kappa shape index (κ3) is 5.02. The van der Waals surface area contributed by atoms with Gasteiger partial charge in [0.1, 0.15) is 11.5 Å². The summed E-state index contributed by atoms with van der Waals surface area (Å²) in [5.41, 5.74) is 4.04. The number of fused-ring (bicyclic) bond motifs is 1. The molecular formula is C29H30N2O4.